The van der Waals surface area contributed by atoms with E-state index in [-0.39, 0.29) is 35.9 Å². The fourth-order valence-corrected chi connectivity index (χ4v) is 3.73. The van der Waals surface area contributed by atoms with Crippen molar-refractivity contribution in [2.45, 2.75) is 26.7 Å². The average molecular weight is 430 g/mol. The molecule has 1 unspecified atom stereocenters. The zero-order valence-corrected chi connectivity index (χ0v) is 17.7. The van der Waals surface area contributed by atoms with Gasteiger partial charge in [-0.3, -0.25) is 9.59 Å². The number of hydrazone groups is 1. The second-order valence-corrected chi connectivity index (χ2v) is 7.86. The molecule has 7 heteroatoms. The predicted octanol–water partition coefficient (Wildman–Crippen LogP) is 4.29. The van der Waals surface area contributed by atoms with Crippen LogP contribution in [0, 0.1) is 12.8 Å². The van der Waals surface area contributed by atoms with Gasteiger partial charge in [0.25, 0.3) is 5.91 Å². The Morgan fingerprint density at radius 3 is 2.59 bits per heavy atom. The van der Waals surface area contributed by atoms with Crippen molar-refractivity contribution in [2.24, 2.45) is 11.0 Å². The van der Waals surface area contributed by atoms with Crippen LogP contribution in [-0.2, 0) is 17.6 Å². The largest absolute Gasteiger partial charge is 0.478 e. The van der Waals surface area contributed by atoms with Crippen LogP contribution in [0.3, 0.4) is 0 Å². The lowest BCUT2D eigenvalue weighted by molar-refractivity contribution is -0.119. The summed E-state index contributed by atoms with van der Waals surface area (Å²) in [7, 11) is 0. The average Bonchev–Trinajstić information content (AvgIpc) is 3.34. The lowest BCUT2D eigenvalue weighted by Gasteiger charge is -2.14. The van der Waals surface area contributed by atoms with Crippen LogP contribution in [0.1, 0.15) is 44.7 Å². The molecule has 1 aromatic heterocycles. The molecule has 1 N–H and O–H groups in total. The summed E-state index contributed by atoms with van der Waals surface area (Å²) < 4.78 is 5.75. The number of anilines is 1. The van der Waals surface area contributed by atoms with E-state index in [1.807, 2.05) is 31.2 Å². The minimum absolute atomic E-state index is 0.0781. The van der Waals surface area contributed by atoms with Crippen molar-refractivity contribution >= 4 is 29.1 Å². The topological polar surface area (TPSA) is 100 Å². The quantitative estimate of drug-likeness (QED) is 0.564. The molecule has 1 amide bonds. The third-order valence-corrected chi connectivity index (χ3v) is 5.40. The zero-order chi connectivity index (χ0) is 22.8. The van der Waals surface area contributed by atoms with Gasteiger partial charge in [0.2, 0.25) is 5.78 Å². The van der Waals surface area contributed by atoms with Crippen molar-refractivity contribution in [1.29, 1.82) is 0 Å². The number of furan rings is 1. The van der Waals surface area contributed by atoms with E-state index in [2.05, 4.69) is 5.10 Å². The van der Waals surface area contributed by atoms with E-state index < -0.39 is 11.9 Å². The first-order valence-corrected chi connectivity index (χ1v) is 10.2. The van der Waals surface area contributed by atoms with Gasteiger partial charge in [-0.2, -0.15) is 5.10 Å². The lowest BCUT2D eigenvalue weighted by Crippen LogP contribution is -2.28. The molecule has 0 aliphatic carbocycles. The first kappa shape index (κ1) is 21.2. The number of carboxylic acid groups (broad SMARTS) is 1. The number of aryl methyl sites for hydroxylation is 1. The molecular weight excluding hydrogens is 408 g/mol. The number of carboxylic acids is 1. The van der Waals surface area contributed by atoms with Crippen LogP contribution >= 0.6 is 0 Å². The number of hydrogen-bond donors (Lipinski definition) is 1. The molecule has 3 aromatic rings. The molecule has 2 aromatic carbocycles. The van der Waals surface area contributed by atoms with Gasteiger partial charge in [-0.1, -0.05) is 35.9 Å². The smallest absolute Gasteiger partial charge is 0.335 e. The highest BCUT2D eigenvalue weighted by molar-refractivity contribution is 6.15. The first-order chi connectivity index (χ1) is 15.3. The summed E-state index contributed by atoms with van der Waals surface area (Å²) in [6.45, 7) is 3.72. The molecule has 0 saturated carbocycles. The maximum absolute atomic E-state index is 13.0. The molecule has 2 heterocycles. The highest BCUT2D eigenvalue weighted by Crippen LogP contribution is 2.27. The summed E-state index contributed by atoms with van der Waals surface area (Å²) in [5.74, 6) is -1.24. The molecule has 32 heavy (non-hydrogen) atoms. The number of hydrogen-bond acceptors (Lipinski definition) is 5. The molecule has 0 saturated heterocycles. The van der Waals surface area contributed by atoms with Crippen molar-refractivity contribution < 1.29 is 23.9 Å². The van der Waals surface area contributed by atoms with Crippen molar-refractivity contribution in [3.63, 3.8) is 0 Å². The number of carbonyl (C=O) groups is 3. The molecule has 0 bridgehead atoms. The zero-order valence-electron chi connectivity index (χ0n) is 17.7. The van der Waals surface area contributed by atoms with Gasteiger partial charge in [0.1, 0.15) is 5.76 Å². The Hall–Kier alpha value is -4.00. The Labute approximate surface area is 185 Å². The number of benzene rings is 2. The minimum Gasteiger partial charge on any atom is -0.478 e. The van der Waals surface area contributed by atoms with Crippen LogP contribution in [0.4, 0.5) is 5.69 Å². The van der Waals surface area contributed by atoms with Gasteiger partial charge in [0.15, 0.2) is 5.76 Å². The van der Waals surface area contributed by atoms with Gasteiger partial charge >= 0.3 is 5.97 Å². The van der Waals surface area contributed by atoms with Crippen molar-refractivity contribution in [3.8, 4) is 0 Å². The maximum Gasteiger partial charge on any atom is 0.335 e. The second kappa shape index (κ2) is 8.63. The van der Waals surface area contributed by atoms with Gasteiger partial charge in [-0.15, -0.1) is 0 Å². The highest BCUT2D eigenvalue weighted by Gasteiger charge is 2.35. The normalized spacial score (nSPS) is 15.7. The van der Waals surface area contributed by atoms with E-state index in [9.17, 15) is 19.5 Å². The van der Waals surface area contributed by atoms with E-state index in [0.717, 1.165) is 11.1 Å². The van der Waals surface area contributed by atoms with E-state index in [1.54, 1.807) is 31.2 Å². The lowest BCUT2D eigenvalue weighted by atomic mass is 9.99. The molecule has 7 nitrogen and oxygen atoms in total. The number of rotatable bonds is 7. The fraction of sp³-hybridized carbons (Fsp3) is 0.200. The van der Waals surface area contributed by atoms with Crippen molar-refractivity contribution in [1.82, 2.24) is 0 Å². The molecule has 4 rings (SSSR count). The van der Waals surface area contributed by atoms with Gasteiger partial charge in [-0.25, -0.2) is 9.80 Å². The molecule has 0 fully saturated rings. The number of carbonyl (C=O) groups excluding carboxylic acids is 2. The van der Waals surface area contributed by atoms with Gasteiger partial charge < -0.3 is 9.52 Å². The first-order valence-electron chi connectivity index (χ1n) is 10.2. The van der Waals surface area contributed by atoms with Gasteiger partial charge in [0, 0.05) is 18.6 Å². The van der Waals surface area contributed by atoms with Crippen LogP contribution in [0.25, 0.3) is 0 Å². The number of amides is 1. The summed E-state index contributed by atoms with van der Waals surface area (Å²) in [6, 6.07) is 17.2. The Balaban J connectivity index is 1.46. The Morgan fingerprint density at radius 1 is 1.06 bits per heavy atom. The minimum atomic E-state index is -1.07. The van der Waals surface area contributed by atoms with E-state index in [0.29, 0.717) is 17.2 Å². The van der Waals surface area contributed by atoms with Gasteiger partial charge in [0.05, 0.1) is 17.2 Å². The summed E-state index contributed by atoms with van der Waals surface area (Å²) in [4.78, 5) is 36.8. The molecule has 0 spiro atoms. The highest BCUT2D eigenvalue weighted by atomic mass is 16.4. The second-order valence-electron chi connectivity index (χ2n) is 7.86. The summed E-state index contributed by atoms with van der Waals surface area (Å²) in [6.07, 6.45) is 0.506. The van der Waals surface area contributed by atoms with Crippen LogP contribution < -0.4 is 5.01 Å². The monoisotopic (exact) mass is 430 g/mol. The Kier molecular flexibility index (Phi) is 5.73. The van der Waals surface area contributed by atoms with E-state index in [4.69, 9.17) is 4.42 Å². The SMILES string of the molecule is CC1=NN(c2cccc(C(=O)O)c2)C(=O)C1Cc1ccc(C(=O)Cc2cccc(C)c2)o1. The standard InChI is InChI=1S/C25H22N2O5/c1-15-5-3-6-17(11-15)12-22(28)23-10-9-20(32-23)14-21-16(2)26-27(24(21)29)19-8-4-7-18(13-19)25(30)31/h3-11,13,21H,12,14H2,1-2H3,(H,30,31). The molecule has 0 radical (unpaired) electrons. The summed E-state index contributed by atoms with van der Waals surface area (Å²) >= 11 is 0. The van der Waals surface area contributed by atoms with Crippen molar-refractivity contribution in [3.05, 3.63) is 88.9 Å². The summed E-state index contributed by atoms with van der Waals surface area (Å²) in [5, 5.41) is 14.7. The molecule has 1 atom stereocenters. The van der Waals surface area contributed by atoms with Crippen LogP contribution in [0.15, 0.2) is 70.2 Å². The number of aromatic carboxylic acids is 1. The predicted molar refractivity (Wildman–Crippen MR) is 119 cm³/mol. The number of nitrogens with zero attached hydrogens (tertiary/aromatic N) is 2. The summed E-state index contributed by atoms with van der Waals surface area (Å²) in [5.41, 5.74) is 3.07. The Morgan fingerprint density at radius 2 is 1.84 bits per heavy atom. The van der Waals surface area contributed by atoms with Crippen LogP contribution in [0.5, 0.6) is 0 Å². The van der Waals surface area contributed by atoms with Gasteiger partial charge in [-0.05, 0) is 49.7 Å². The van der Waals surface area contributed by atoms with E-state index in [1.165, 1.54) is 17.1 Å². The van der Waals surface area contributed by atoms with Crippen molar-refractivity contribution in [2.75, 3.05) is 5.01 Å². The third kappa shape index (κ3) is 4.37. The number of ketones is 1. The van der Waals surface area contributed by atoms with E-state index >= 15 is 0 Å². The molecule has 1 aliphatic heterocycles. The van der Waals surface area contributed by atoms with Crippen LogP contribution in [-0.4, -0.2) is 28.5 Å². The Bertz CT molecular complexity index is 1240. The maximum atomic E-state index is 13.0. The molecular formula is C25H22N2O5. The number of Topliss-reactive ketones (excluding diaryl/α,β-unsaturated/α-hetero) is 1. The van der Waals surface area contributed by atoms with Crippen LogP contribution in [0.2, 0.25) is 0 Å². The fourth-order valence-electron chi connectivity index (χ4n) is 3.73. The molecule has 162 valence electrons. The molecule has 1 aliphatic rings. The third-order valence-electron chi connectivity index (χ3n) is 5.40.